The van der Waals surface area contributed by atoms with E-state index in [1.807, 2.05) is 0 Å². The third kappa shape index (κ3) is 8.67. The first kappa shape index (κ1) is 33.1. The maximum Gasteiger partial charge on any atom is 0.419 e. The number of benzene rings is 3. The van der Waals surface area contributed by atoms with Gasteiger partial charge < -0.3 is 15.4 Å². The van der Waals surface area contributed by atoms with Crippen LogP contribution in [0.25, 0.3) is 0 Å². The van der Waals surface area contributed by atoms with Crippen LogP contribution in [-0.4, -0.2) is 49.6 Å². The Labute approximate surface area is 252 Å². The number of nitrogens with zero attached hydrogens (tertiary/aromatic N) is 1. The van der Waals surface area contributed by atoms with Crippen LogP contribution in [0.4, 0.5) is 39.0 Å². The van der Waals surface area contributed by atoms with Crippen LogP contribution in [0.1, 0.15) is 37.8 Å². The second kappa shape index (κ2) is 13.1. The van der Waals surface area contributed by atoms with E-state index < -0.39 is 44.8 Å². The van der Waals surface area contributed by atoms with Gasteiger partial charge in [0.2, 0.25) is 15.9 Å². The number of nitrogens with one attached hydrogen (secondary N) is 3. The summed E-state index contributed by atoms with van der Waals surface area (Å²) in [6.45, 7) is 3.92. The van der Waals surface area contributed by atoms with Gasteiger partial charge in [-0.25, -0.2) is 21.5 Å². The van der Waals surface area contributed by atoms with Crippen molar-refractivity contribution in [2.45, 2.75) is 51.1 Å². The van der Waals surface area contributed by atoms with Crippen LogP contribution >= 0.6 is 0 Å². The highest BCUT2D eigenvalue weighted by atomic mass is 32.2. The summed E-state index contributed by atoms with van der Waals surface area (Å²) in [4.78, 5) is 12.9. The third-order valence-electron chi connectivity index (χ3n) is 7.20. The van der Waals surface area contributed by atoms with E-state index in [4.69, 9.17) is 4.74 Å². The zero-order chi connectivity index (χ0) is 32.3. The molecule has 0 radical (unpaired) electrons. The number of ether oxygens (including phenoxy) is 1. The Bertz CT molecular complexity index is 1590. The van der Waals surface area contributed by atoms with Gasteiger partial charge in [-0.2, -0.15) is 13.2 Å². The quantitative estimate of drug-likeness (QED) is 0.234. The molecule has 0 aromatic heterocycles. The molecule has 1 fully saturated rings. The van der Waals surface area contributed by atoms with Gasteiger partial charge in [0.05, 0.1) is 17.4 Å². The number of amides is 1. The number of rotatable bonds is 10. The van der Waals surface area contributed by atoms with Crippen LogP contribution in [0.3, 0.4) is 0 Å². The highest BCUT2D eigenvalue weighted by Gasteiger charge is 2.35. The number of hydrogen-bond donors (Lipinski definition) is 3. The van der Waals surface area contributed by atoms with E-state index in [1.165, 1.54) is 42.6 Å². The summed E-state index contributed by atoms with van der Waals surface area (Å²) in [6, 6.07) is 13.3. The van der Waals surface area contributed by atoms with Crippen molar-refractivity contribution in [3.8, 4) is 5.75 Å². The lowest BCUT2D eigenvalue weighted by Gasteiger charge is -2.30. The molecule has 1 aliphatic rings. The predicted molar refractivity (Wildman–Crippen MR) is 157 cm³/mol. The number of carbonyl (C=O) groups excluding carboxylic acids is 1. The molecule has 0 spiro atoms. The first-order valence-corrected chi connectivity index (χ1v) is 15.6. The Hall–Kier alpha value is -3.75. The Morgan fingerprint density at radius 2 is 1.59 bits per heavy atom. The first-order chi connectivity index (χ1) is 20.5. The Morgan fingerprint density at radius 1 is 0.955 bits per heavy atom. The predicted octanol–water partition coefficient (Wildman–Crippen LogP) is 6.04. The molecule has 1 aliphatic heterocycles. The third-order valence-corrected chi connectivity index (χ3v) is 8.50. The van der Waals surface area contributed by atoms with Gasteiger partial charge in [-0.15, -0.1) is 0 Å². The van der Waals surface area contributed by atoms with Gasteiger partial charge in [-0.1, -0.05) is 6.07 Å². The summed E-state index contributed by atoms with van der Waals surface area (Å²) in [5, 5.41) is 8.56. The second-order valence-corrected chi connectivity index (χ2v) is 13.0. The molecular formula is C30H33F5N4O4S. The van der Waals surface area contributed by atoms with Crippen LogP contribution in [0.2, 0.25) is 0 Å². The van der Waals surface area contributed by atoms with E-state index in [1.54, 1.807) is 24.3 Å². The van der Waals surface area contributed by atoms with Crippen molar-refractivity contribution in [2.75, 3.05) is 30.0 Å². The van der Waals surface area contributed by atoms with Gasteiger partial charge in [0.15, 0.2) is 0 Å². The number of anilines is 3. The molecule has 3 aromatic rings. The molecule has 1 heterocycles. The van der Waals surface area contributed by atoms with E-state index in [0.29, 0.717) is 60.8 Å². The minimum Gasteiger partial charge on any atom is -0.490 e. The van der Waals surface area contributed by atoms with Gasteiger partial charge in [0.1, 0.15) is 23.5 Å². The maximum atomic E-state index is 14.2. The van der Waals surface area contributed by atoms with Crippen molar-refractivity contribution in [2.24, 2.45) is 0 Å². The lowest BCUT2D eigenvalue weighted by Crippen LogP contribution is -2.49. The van der Waals surface area contributed by atoms with E-state index in [2.05, 4.69) is 16.0 Å². The largest absolute Gasteiger partial charge is 0.490 e. The van der Waals surface area contributed by atoms with Gasteiger partial charge in [-0.3, -0.25) is 10.1 Å². The molecule has 0 bridgehead atoms. The highest BCUT2D eigenvalue weighted by Crippen LogP contribution is 2.33. The number of hydrogen-bond acceptors (Lipinski definition) is 6. The topological polar surface area (TPSA) is 99.8 Å². The number of carbonyl (C=O) groups is 1. The van der Waals surface area contributed by atoms with Crippen molar-refractivity contribution in [1.29, 1.82) is 0 Å². The van der Waals surface area contributed by atoms with E-state index in [0.717, 1.165) is 6.07 Å². The van der Waals surface area contributed by atoms with Crippen LogP contribution in [0, 0.1) is 11.6 Å². The highest BCUT2D eigenvalue weighted by molar-refractivity contribution is 7.88. The molecule has 0 aliphatic carbocycles. The second-order valence-electron chi connectivity index (χ2n) is 11.1. The summed E-state index contributed by atoms with van der Waals surface area (Å²) in [6.07, 6.45) is -2.72. The molecule has 0 atom stereocenters. The summed E-state index contributed by atoms with van der Waals surface area (Å²) in [7, 11) is -3.23. The summed E-state index contributed by atoms with van der Waals surface area (Å²) in [5.41, 5.74) is -1.33. The minimum absolute atomic E-state index is 0.0909. The molecule has 4 rings (SSSR count). The standard InChI is InChI=1S/C30H33F5N4O4S/c1-29(2,28(40)38-22-8-11-26(32)25(17-22)30(33,34)35)36-18-19-4-5-20(31)16-27(19)37-21-6-9-23(10-7-21)43-24-12-14-39(15-13-24)44(3,41)42/h4-11,16-17,24,36-37H,12-15,18H2,1-3H3,(H,38,40). The smallest absolute Gasteiger partial charge is 0.419 e. The monoisotopic (exact) mass is 640 g/mol. The van der Waals surface area contributed by atoms with E-state index >= 15 is 0 Å². The average Bonchev–Trinajstić information content (AvgIpc) is 2.94. The molecule has 44 heavy (non-hydrogen) atoms. The molecule has 1 saturated heterocycles. The Morgan fingerprint density at radius 3 is 2.20 bits per heavy atom. The molecular weight excluding hydrogens is 607 g/mol. The van der Waals surface area contributed by atoms with Crippen molar-refractivity contribution in [3.05, 3.63) is 83.4 Å². The number of halogens is 5. The maximum absolute atomic E-state index is 14.2. The van der Waals surface area contributed by atoms with Crippen molar-refractivity contribution in [3.63, 3.8) is 0 Å². The van der Waals surface area contributed by atoms with Gasteiger partial charge in [-0.05, 0) is 86.8 Å². The fourth-order valence-corrected chi connectivity index (χ4v) is 5.44. The normalized spacial score (nSPS) is 15.2. The van der Waals surface area contributed by atoms with E-state index in [-0.39, 0.29) is 18.3 Å². The van der Waals surface area contributed by atoms with Crippen molar-refractivity contribution >= 4 is 33.0 Å². The molecule has 14 heteroatoms. The first-order valence-electron chi connectivity index (χ1n) is 13.7. The zero-order valence-corrected chi connectivity index (χ0v) is 25.1. The van der Waals surface area contributed by atoms with Crippen LogP contribution in [-0.2, 0) is 27.5 Å². The number of alkyl halides is 3. The fraction of sp³-hybridized carbons (Fsp3) is 0.367. The van der Waals surface area contributed by atoms with Gasteiger partial charge in [0, 0.05) is 36.7 Å². The molecule has 1 amide bonds. The SMILES string of the molecule is CC(C)(NCc1ccc(F)cc1Nc1ccc(OC2CCN(S(C)(=O)=O)CC2)cc1)C(=O)Nc1ccc(F)c(C(F)(F)F)c1. The fourth-order valence-electron chi connectivity index (χ4n) is 4.57. The van der Waals surface area contributed by atoms with Crippen molar-refractivity contribution < 1.29 is 39.9 Å². The lowest BCUT2D eigenvalue weighted by atomic mass is 10.0. The number of sulfonamides is 1. The molecule has 0 unspecified atom stereocenters. The lowest BCUT2D eigenvalue weighted by molar-refractivity contribution is -0.140. The van der Waals surface area contributed by atoms with Gasteiger partial charge >= 0.3 is 6.18 Å². The van der Waals surface area contributed by atoms with Crippen LogP contribution in [0.5, 0.6) is 5.75 Å². The van der Waals surface area contributed by atoms with E-state index in [9.17, 15) is 35.2 Å². The van der Waals surface area contributed by atoms with Crippen molar-refractivity contribution in [1.82, 2.24) is 9.62 Å². The molecule has 238 valence electrons. The zero-order valence-electron chi connectivity index (χ0n) is 24.3. The van der Waals surface area contributed by atoms with Crippen LogP contribution in [0.15, 0.2) is 60.7 Å². The minimum atomic E-state index is -4.92. The van der Waals surface area contributed by atoms with Crippen LogP contribution < -0.4 is 20.7 Å². The molecule has 8 nitrogen and oxygen atoms in total. The number of piperidine rings is 1. The molecule has 0 saturated carbocycles. The summed E-state index contributed by atoms with van der Waals surface area (Å²) < 4.78 is 97.9. The summed E-state index contributed by atoms with van der Waals surface area (Å²) >= 11 is 0. The Balaban J connectivity index is 1.37. The average molecular weight is 641 g/mol. The Kier molecular flexibility index (Phi) is 9.86. The molecule has 3 N–H and O–H groups in total. The molecule has 3 aromatic carbocycles. The van der Waals surface area contributed by atoms with Gasteiger partial charge in [0.25, 0.3) is 0 Å². The summed E-state index contributed by atoms with van der Waals surface area (Å²) in [5.74, 6) is -2.00.